The summed E-state index contributed by atoms with van der Waals surface area (Å²) in [6.07, 6.45) is 3.96. The second-order valence-corrected chi connectivity index (χ2v) is 6.34. The lowest BCUT2D eigenvalue weighted by molar-refractivity contribution is 0.0949. The van der Waals surface area contributed by atoms with Crippen LogP contribution in [0.1, 0.15) is 42.5 Å². The highest BCUT2D eigenvalue weighted by Gasteiger charge is 2.15. The molecule has 0 aliphatic heterocycles. The minimum Gasteiger partial charge on any atom is -0.385 e. The molecule has 20 heavy (non-hydrogen) atoms. The fourth-order valence-corrected chi connectivity index (χ4v) is 2.14. The summed E-state index contributed by atoms with van der Waals surface area (Å²) in [5.41, 5.74) is 0.954. The van der Waals surface area contributed by atoms with E-state index in [4.69, 9.17) is 0 Å². The largest absolute Gasteiger partial charge is 0.385 e. The van der Waals surface area contributed by atoms with Crippen LogP contribution in [-0.2, 0) is 10.8 Å². The molecule has 1 amide bonds. The zero-order valence-corrected chi connectivity index (χ0v) is 13.2. The van der Waals surface area contributed by atoms with Crippen LogP contribution in [0, 0.1) is 0 Å². The van der Waals surface area contributed by atoms with Crippen molar-refractivity contribution in [3.63, 3.8) is 0 Å². The standard InChI is InChI=1S/C13H22N4O2S/c1-9(2)12-16-8-10(14-3)11(17-12)13(18)15-6-5-7-20(4)19/h8-9,14H,5-7H2,1-4H3,(H,15,18). The first-order valence-electron chi connectivity index (χ1n) is 6.58. The van der Waals surface area contributed by atoms with Crippen molar-refractivity contribution in [3.8, 4) is 0 Å². The Morgan fingerprint density at radius 1 is 1.45 bits per heavy atom. The molecule has 0 spiro atoms. The summed E-state index contributed by atoms with van der Waals surface area (Å²) in [5.74, 6) is 1.15. The molecule has 1 unspecified atom stereocenters. The molecule has 1 rings (SSSR count). The summed E-state index contributed by atoms with van der Waals surface area (Å²) in [6.45, 7) is 4.45. The van der Waals surface area contributed by atoms with E-state index in [1.165, 1.54) is 0 Å². The van der Waals surface area contributed by atoms with Gasteiger partial charge >= 0.3 is 0 Å². The first kappa shape index (κ1) is 16.6. The van der Waals surface area contributed by atoms with Crippen molar-refractivity contribution in [3.05, 3.63) is 17.7 Å². The van der Waals surface area contributed by atoms with Crippen LogP contribution in [0.3, 0.4) is 0 Å². The molecule has 1 aromatic rings. The van der Waals surface area contributed by atoms with Crippen LogP contribution in [0.25, 0.3) is 0 Å². The van der Waals surface area contributed by atoms with Gasteiger partial charge in [-0.1, -0.05) is 13.8 Å². The lowest BCUT2D eigenvalue weighted by atomic mass is 10.2. The van der Waals surface area contributed by atoms with Crippen LogP contribution in [0.5, 0.6) is 0 Å². The molecule has 1 heterocycles. The van der Waals surface area contributed by atoms with E-state index >= 15 is 0 Å². The van der Waals surface area contributed by atoms with E-state index < -0.39 is 10.8 Å². The molecule has 0 radical (unpaired) electrons. The molecular weight excluding hydrogens is 276 g/mol. The van der Waals surface area contributed by atoms with E-state index in [9.17, 15) is 9.00 Å². The minimum absolute atomic E-state index is 0.162. The van der Waals surface area contributed by atoms with Crippen LogP contribution < -0.4 is 10.6 Å². The maximum absolute atomic E-state index is 12.1. The van der Waals surface area contributed by atoms with Crippen molar-refractivity contribution in [1.29, 1.82) is 0 Å². The number of carbonyl (C=O) groups excluding carboxylic acids is 1. The van der Waals surface area contributed by atoms with Gasteiger partial charge in [0.25, 0.3) is 5.91 Å². The predicted octanol–water partition coefficient (Wildman–Crippen LogP) is 1.14. The lowest BCUT2D eigenvalue weighted by Gasteiger charge is -2.11. The number of carbonyl (C=O) groups is 1. The number of rotatable bonds is 7. The monoisotopic (exact) mass is 298 g/mol. The Labute approximate surface area is 122 Å². The molecule has 1 aromatic heterocycles. The number of aromatic nitrogens is 2. The van der Waals surface area contributed by atoms with E-state index in [1.807, 2.05) is 13.8 Å². The van der Waals surface area contributed by atoms with Gasteiger partial charge in [0.15, 0.2) is 5.69 Å². The quantitative estimate of drug-likeness (QED) is 0.738. The van der Waals surface area contributed by atoms with Gasteiger partial charge in [0.2, 0.25) is 0 Å². The third-order valence-electron chi connectivity index (χ3n) is 2.70. The molecule has 0 bridgehead atoms. The van der Waals surface area contributed by atoms with Gasteiger partial charge in [-0.05, 0) is 6.42 Å². The van der Waals surface area contributed by atoms with Crippen LogP contribution in [-0.4, -0.2) is 45.7 Å². The molecule has 112 valence electrons. The highest BCUT2D eigenvalue weighted by atomic mass is 32.2. The molecular formula is C13H22N4O2S. The Bertz CT molecular complexity index is 491. The Morgan fingerprint density at radius 2 is 2.15 bits per heavy atom. The number of amides is 1. The Morgan fingerprint density at radius 3 is 2.70 bits per heavy atom. The van der Waals surface area contributed by atoms with Gasteiger partial charge in [-0.15, -0.1) is 0 Å². The van der Waals surface area contributed by atoms with Crippen LogP contribution in [0.15, 0.2) is 6.20 Å². The van der Waals surface area contributed by atoms with Crippen molar-refractivity contribution in [2.75, 3.05) is 30.9 Å². The number of hydrogen-bond acceptors (Lipinski definition) is 5. The summed E-state index contributed by atoms with van der Waals surface area (Å²) in [5, 5.41) is 5.71. The zero-order valence-electron chi connectivity index (χ0n) is 12.4. The fraction of sp³-hybridized carbons (Fsp3) is 0.615. The SMILES string of the molecule is CNc1cnc(C(C)C)nc1C(=O)NCCCS(C)=O. The second-order valence-electron chi connectivity index (χ2n) is 4.78. The molecule has 0 saturated carbocycles. The van der Waals surface area contributed by atoms with Gasteiger partial charge in [0.1, 0.15) is 5.82 Å². The molecule has 2 N–H and O–H groups in total. The van der Waals surface area contributed by atoms with Gasteiger partial charge in [0.05, 0.1) is 11.9 Å². The average molecular weight is 298 g/mol. The van der Waals surface area contributed by atoms with Crippen molar-refractivity contribution >= 4 is 22.4 Å². The van der Waals surface area contributed by atoms with Gasteiger partial charge in [-0.3, -0.25) is 9.00 Å². The van der Waals surface area contributed by atoms with E-state index in [1.54, 1.807) is 19.5 Å². The van der Waals surface area contributed by atoms with Crippen molar-refractivity contribution in [2.24, 2.45) is 0 Å². The Balaban J connectivity index is 2.74. The van der Waals surface area contributed by atoms with E-state index in [2.05, 4.69) is 20.6 Å². The topological polar surface area (TPSA) is 84.0 Å². The third kappa shape index (κ3) is 4.88. The molecule has 0 aromatic carbocycles. The predicted molar refractivity (Wildman–Crippen MR) is 81.6 cm³/mol. The van der Waals surface area contributed by atoms with E-state index in [-0.39, 0.29) is 11.8 Å². The van der Waals surface area contributed by atoms with Crippen LogP contribution in [0.4, 0.5) is 5.69 Å². The number of anilines is 1. The van der Waals surface area contributed by atoms with Gasteiger partial charge in [0, 0.05) is 42.3 Å². The van der Waals surface area contributed by atoms with Gasteiger partial charge in [-0.2, -0.15) is 0 Å². The molecule has 0 aliphatic carbocycles. The number of hydrogen-bond donors (Lipinski definition) is 2. The zero-order chi connectivity index (χ0) is 15.1. The molecule has 0 fully saturated rings. The summed E-state index contributed by atoms with van der Waals surface area (Å²) in [4.78, 5) is 20.7. The fourth-order valence-electron chi connectivity index (χ4n) is 1.59. The molecule has 6 nitrogen and oxygen atoms in total. The normalized spacial score (nSPS) is 12.2. The molecule has 0 aliphatic rings. The highest BCUT2D eigenvalue weighted by Crippen LogP contribution is 2.15. The second kappa shape index (κ2) is 7.94. The third-order valence-corrected chi connectivity index (χ3v) is 3.57. The average Bonchev–Trinajstić information content (AvgIpc) is 2.42. The van der Waals surface area contributed by atoms with Gasteiger partial charge < -0.3 is 10.6 Å². The first-order chi connectivity index (χ1) is 9.45. The Kier molecular flexibility index (Phi) is 6.57. The maximum Gasteiger partial charge on any atom is 0.272 e. The van der Waals surface area contributed by atoms with Crippen LogP contribution >= 0.6 is 0 Å². The van der Waals surface area contributed by atoms with E-state index in [0.29, 0.717) is 35.9 Å². The van der Waals surface area contributed by atoms with E-state index in [0.717, 1.165) is 0 Å². The molecule has 0 saturated heterocycles. The minimum atomic E-state index is -0.830. The van der Waals surface area contributed by atoms with Crippen molar-refractivity contribution in [2.45, 2.75) is 26.2 Å². The smallest absolute Gasteiger partial charge is 0.272 e. The summed E-state index contributed by atoms with van der Waals surface area (Å²) in [7, 11) is 0.897. The van der Waals surface area contributed by atoms with Crippen molar-refractivity contribution < 1.29 is 9.00 Å². The van der Waals surface area contributed by atoms with Crippen molar-refractivity contribution in [1.82, 2.24) is 15.3 Å². The molecule has 7 heteroatoms. The lowest BCUT2D eigenvalue weighted by Crippen LogP contribution is -2.27. The maximum atomic E-state index is 12.1. The van der Waals surface area contributed by atoms with Crippen LogP contribution in [0.2, 0.25) is 0 Å². The molecule has 1 atom stereocenters. The highest BCUT2D eigenvalue weighted by molar-refractivity contribution is 7.84. The number of nitrogens with one attached hydrogen (secondary N) is 2. The van der Waals surface area contributed by atoms with Gasteiger partial charge in [-0.25, -0.2) is 9.97 Å². The first-order valence-corrected chi connectivity index (χ1v) is 8.31. The summed E-state index contributed by atoms with van der Waals surface area (Å²) in [6, 6.07) is 0. The summed E-state index contributed by atoms with van der Waals surface area (Å²) < 4.78 is 10.9. The summed E-state index contributed by atoms with van der Waals surface area (Å²) >= 11 is 0. The Hall–Kier alpha value is -1.50. The number of nitrogens with zero attached hydrogens (tertiary/aromatic N) is 2.